The van der Waals surface area contributed by atoms with Gasteiger partial charge >= 0.3 is 0 Å². The summed E-state index contributed by atoms with van der Waals surface area (Å²) in [7, 11) is 4.55. The molecule has 0 aromatic carbocycles. The van der Waals surface area contributed by atoms with Gasteiger partial charge in [-0.05, 0) is 24.8 Å². The first kappa shape index (κ1) is 21.4. The molecule has 2 saturated heterocycles. The normalized spacial score (nSPS) is 41.5. The van der Waals surface area contributed by atoms with Crippen molar-refractivity contribution in [2.75, 3.05) is 25.7 Å². The molecule has 10 heteroatoms. The molecule has 2 heterocycles. The van der Waals surface area contributed by atoms with Gasteiger partial charge < -0.3 is 18.2 Å². The second kappa shape index (κ2) is 7.27. The predicted molar refractivity (Wildman–Crippen MR) is 106 cm³/mol. The zero-order valence-corrected chi connectivity index (χ0v) is 19.3. The molecule has 0 saturated carbocycles. The maximum atomic E-state index is 12.2. The first-order valence-electron chi connectivity index (χ1n) is 8.14. The summed E-state index contributed by atoms with van der Waals surface area (Å²) in [6.45, 7) is 12.2. The maximum Gasteiger partial charge on any atom is 0.254 e. The summed E-state index contributed by atoms with van der Waals surface area (Å²) < 4.78 is 36.4. The van der Waals surface area contributed by atoms with Gasteiger partial charge in [-0.2, -0.15) is 0 Å². The molecule has 0 N–H and O–H groups in total. The monoisotopic (exact) mass is 410 g/mol. The van der Waals surface area contributed by atoms with Crippen LogP contribution in [-0.4, -0.2) is 65.7 Å². The third-order valence-corrected chi connectivity index (χ3v) is 13.8. The predicted octanol–water partition coefficient (Wildman–Crippen LogP) is 3.84. The third kappa shape index (κ3) is 4.33. The van der Waals surface area contributed by atoms with Gasteiger partial charge in [0.05, 0.1) is 12.7 Å². The third-order valence-electron chi connectivity index (χ3n) is 5.08. The van der Waals surface area contributed by atoms with E-state index in [9.17, 15) is 4.57 Å². The molecule has 2 aliphatic heterocycles. The van der Waals surface area contributed by atoms with Gasteiger partial charge in [0.15, 0.2) is 8.32 Å². The van der Waals surface area contributed by atoms with Crippen molar-refractivity contribution in [1.82, 2.24) is 0 Å². The molecule has 2 rings (SSSR count). The molecule has 0 bridgehead atoms. The molecule has 0 amide bonds. The lowest BCUT2D eigenvalue weighted by Crippen LogP contribution is -2.54. The van der Waals surface area contributed by atoms with Gasteiger partial charge in [0.1, 0.15) is 19.6 Å². The second-order valence-corrected chi connectivity index (χ2v) is 18.6. The maximum absolute atomic E-state index is 12.2. The van der Waals surface area contributed by atoms with Crippen LogP contribution >= 0.6 is 26.8 Å². The van der Waals surface area contributed by atoms with Crippen LogP contribution in [-0.2, 0) is 22.8 Å². The zero-order valence-electron chi connectivity index (χ0n) is 15.6. The molecule has 2 fully saturated rings. The van der Waals surface area contributed by atoms with Crippen molar-refractivity contribution in [1.29, 1.82) is 0 Å². The van der Waals surface area contributed by atoms with Gasteiger partial charge in [-0.1, -0.05) is 32.2 Å². The molecule has 24 heavy (non-hydrogen) atoms. The molecule has 5 nitrogen and oxygen atoms in total. The molecular weight excluding hydrogens is 381 g/mol. The zero-order chi connectivity index (χ0) is 18.4. The number of hydrogen-bond acceptors (Lipinski definition) is 6. The van der Waals surface area contributed by atoms with Crippen LogP contribution in [0.2, 0.25) is 18.1 Å². The fourth-order valence-electron chi connectivity index (χ4n) is 2.59. The summed E-state index contributed by atoms with van der Waals surface area (Å²) in [5.74, 6) is 0.543. The van der Waals surface area contributed by atoms with Gasteiger partial charge in [0.25, 0.3) is 6.57 Å². The lowest BCUT2D eigenvalue weighted by molar-refractivity contribution is -0.0656. The quantitative estimate of drug-likeness (QED) is 0.519. The highest BCUT2D eigenvalue weighted by molar-refractivity contribution is 8.56. The van der Waals surface area contributed by atoms with E-state index < -0.39 is 26.5 Å². The fourth-order valence-corrected chi connectivity index (χ4v) is 7.52. The Morgan fingerprint density at radius 2 is 2.04 bits per heavy atom. The lowest BCUT2D eigenvalue weighted by Gasteiger charge is -2.42. The van der Waals surface area contributed by atoms with Crippen LogP contribution in [0, 0.1) is 0 Å². The number of ether oxygens (including phenoxy) is 1. The minimum atomic E-state index is -2.61. The molecule has 0 aromatic rings. The molecule has 1 spiro atoms. The first-order valence-corrected chi connectivity index (χ1v) is 16.1. The van der Waals surface area contributed by atoms with Gasteiger partial charge in [-0.25, -0.2) is 0 Å². The second-order valence-electron chi connectivity index (χ2n) is 8.05. The molecule has 3 unspecified atom stereocenters. The van der Waals surface area contributed by atoms with E-state index >= 15 is 0 Å². The van der Waals surface area contributed by atoms with E-state index in [1.807, 2.05) is 6.66 Å². The Bertz CT molecular complexity index is 504. The largest absolute Gasteiger partial charge is 0.409 e. The van der Waals surface area contributed by atoms with Gasteiger partial charge in [-0.3, -0.25) is 4.57 Å². The number of rotatable bonds is 4. The van der Waals surface area contributed by atoms with E-state index in [1.54, 1.807) is 6.66 Å². The Hall–Kier alpha value is 1.13. The molecule has 0 aromatic heterocycles. The van der Waals surface area contributed by atoms with Crippen LogP contribution in [0.15, 0.2) is 0 Å². The van der Waals surface area contributed by atoms with Crippen LogP contribution in [0.1, 0.15) is 20.8 Å². The summed E-state index contributed by atoms with van der Waals surface area (Å²) in [5, 5.41) is 0.0679. The first-order chi connectivity index (χ1) is 10.8. The number of hydrogen-bond donors (Lipinski definition) is 0. The lowest BCUT2D eigenvalue weighted by atomic mass is 9.90. The summed E-state index contributed by atoms with van der Waals surface area (Å²) in [5.41, 5.74) is -0.690. The molecule has 2 aliphatic rings. The fraction of sp³-hybridized carbons (Fsp3) is 1.00. The topological polar surface area (TPSA) is 54.0 Å². The van der Waals surface area contributed by atoms with E-state index in [0.717, 1.165) is 0 Å². The molecular formula is C14H29BO5P2SSi. The van der Waals surface area contributed by atoms with Crippen molar-refractivity contribution in [3.63, 3.8) is 0 Å². The standard InChI is InChI=1S/C14H29BO5P2SSi/c1-13(2,3)24(6,7)20-10-11(19-21-4)14(18-12(10)15)8-17-22(5,16)23-9-14/h10-12,21H,8-9H2,1-7H3/t10?,11-,12-,14+,22?/m1/s1. The van der Waals surface area contributed by atoms with E-state index in [0.29, 0.717) is 14.6 Å². The molecule has 6 atom stereocenters. The summed E-state index contributed by atoms with van der Waals surface area (Å²) in [6, 6.07) is -0.570. The van der Waals surface area contributed by atoms with Crippen molar-refractivity contribution in [3.8, 4) is 0 Å². The van der Waals surface area contributed by atoms with E-state index in [4.69, 9.17) is 26.1 Å². The Morgan fingerprint density at radius 1 is 1.42 bits per heavy atom. The molecule has 2 radical (unpaired) electrons. The Labute approximate surface area is 154 Å². The molecule has 138 valence electrons. The van der Waals surface area contributed by atoms with E-state index in [-0.39, 0.29) is 23.9 Å². The van der Waals surface area contributed by atoms with Crippen LogP contribution in [0.4, 0.5) is 0 Å². The van der Waals surface area contributed by atoms with Gasteiger partial charge in [-0.15, -0.1) is 0 Å². The minimum absolute atomic E-state index is 0.0679. The van der Waals surface area contributed by atoms with Gasteiger partial charge in [0.2, 0.25) is 0 Å². The van der Waals surface area contributed by atoms with Crippen LogP contribution in [0.25, 0.3) is 0 Å². The highest BCUT2D eigenvalue weighted by Gasteiger charge is 2.59. The smallest absolute Gasteiger partial charge is 0.254 e. The summed E-state index contributed by atoms with van der Waals surface area (Å²) in [4.78, 5) is 0. The Morgan fingerprint density at radius 3 is 2.50 bits per heavy atom. The van der Waals surface area contributed by atoms with E-state index in [1.165, 1.54) is 11.4 Å². The molecule has 0 aliphatic carbocycles. The summed E-state index contributed by atoms with van der Waals surface area (Å²) >= 11 is 1.31. The van der Waals surface area contributed by atoms with Crippen LogP contribution < -0.4 is 0 Å². The Kier molecular flexibility index (Phi) is 6.50. The highest BCUT2D eigenvalue weighted by Crippen LogP contribution is 2.62. The van der Waals surface area contributed by atoms with Crippen molar-refractivity contribution < 1.29 is 22.8 Å². The van der Waals surface area contributed by atoms with Crippen LogP contribution in [0.3, 0.4) is 0 Å². The van der Waals surface area contributed by atoms with Crippen LogP contribution in [0.5, 0.6) is 0 Å². The average molecular weight is 410 g/mol. The summed E-state index contributed by atoms with van der Waals surface area (Å²) in [6.07, 6.45) is -0.644. The van der Waals surface area contributed by atoms with Gasteiger partial charge in [0, 0.05) is 27.2 Å². The highest BCUT2D eigenvalue weighted by atomic mass is 32.7. The SMILES string of the molecule is [B][C@@H]1O[C@]2(COP(C)(=O)SC2)[C@H](OPC)C1O[Si](C)(C)C(C)(C)C. The van der Waals surface area contributed by atoms with Crippen molar-refractivity contribution in [2.45, 2.75) is 62.7 Å². The van der Waals surface area contributed by atoms with Crippen molar-refractivity contribution >= 4 is 42.9 Å². The average Bonchev–Trinajstić information content (AvgIpc) is 2.67. The minimum Gasteiger partial charge on any atom is -0.409 e. The van der Waals surface area contributed by atoms with Crippen molar-refractivity contribution in [3.05, 3.63) is 0 Å². The Balaban J connectivity index is 2.24. The van der Waals surface area contributed by atoms with Crippen molar-refractivity contribution in [2.24, 2.45) is 0 Å². The van der Waals surface area contributed by atoms with E-state index in [2.05, 4.69) is 33.9 Å².